The Morgan fingerprint density at radius 1 is 1.32 bits per heavy atom. The van der Waals surface area contributed by atoms with Gasteiger partial charge in [-0.2, -0.15) is 0 Å². The molecule has 1 heterocycles. The van der Waals surface area contributed by atoms with Crippen LogP contribution in [0.3, 0.4) is 0 Å². The van der Waals surface area contributed by atoms with Gasteiger partial charge in [0.15, 0.2) is 0 Å². The quantitative estimate of drug-likeness (QED) is 0.893. The van der Waals surface area contributed by atoms with Crippen molar-refractivity contribution in [3.8, 4) is 0 Å². The second-order valence-electron chi connectivity index (χ2n) is 5.40. The summed E-state index contributed by atoms with van der Waals surface area (Å²) < 4.78 is 27.1. The summed E-state index contributed by atoms with van der Waals surface area (Å²) in [7, 11) is 0. The molecule has 104 valence electrons. The Morgan fingerprint density at radius 2 is 1.84 bits per heavy atom. The Hall–Kier alpha value is -1.49. The van der Waals surface area contributed by atoms with E-state index in [2.05, 4.69) is 6.92 Å². The van der Waals surface area contributed by atoms with Crippen molar-refractivity contribution in [1.82, 2.24) is 4.90 Å². The molecule has 1 aromatic carbocycles. The first-order chi connectivity index (χ1) is 8.97. The van der Waals surface area contributed by atoms with Crippen LogP contribution in [0.1, 0.15) is 30.1 Å². The van der Waals surface area contributed by atoms with Crippen molar-refractivity contribution in [2.45, 2.75) is 19.8 Å². The standard InChI is InChI=1S/C14H18F2N2O/c1-14(9-17)5-7-18(8-6-14)13(19)12-10(15)3-2-4-11(12)16/h2-4H,5-9,17H2,1H3. The molecule has 0 aliphatic carbocycles. The van der Waals surface area contributed by atoms with E-state index in [4.69, 9.17) is 5.73 Å². The van der Waals surface area contributed by atoms with Crippen molar-refractivity contribution >= 4 is 5.91 Å². The third kappa shape index (κ3) is 2.76. The normalized spacial score (nSPS) is 18.4. The molecule has 1 fully saturated rings. The number of nitrogens with two attached hydrogens (primary N) is 1. The van der Waals surface area contributed by atoms with Gasteiger partial charge in [-0.05, 0) is 36.9 Å². The molecule has 0 atom stereocenters. The van der Waals surface area contributed by atoms with Gasteiger partial charge in [0, 0.05) is 13.1 Å². The maximum atomic E-state index is 13.6. The smallest absolute Gasteiger partial charge is 0.259 e. The van der Waals surface area contributed by atoms with Crippen molar-refractivity contribution in [3.63, 3.8) is 0 Å². The Kier molecular flexibility index (Phi) is 3.85. The molecule has 0 radical (unpaired) electrons. The molecule has 2 rings (SSSR count). The van der Waals surface area contributed by atoms with Gasteiger partial charge >= 0.3 is 0 Å². The molecule has 0 unspecified atom stereocenters. The zero-order valence-electron chi connectivity index (χ0n) is 11.0. The van der Waals surface area contributed by atoms with E-state index in [1.54, 1.807) is 0 Å². The molecule has 5 heteroatoms. The Balaban J connectivity index is 2.14. The summed E-state index contributed by atoms with van der Waals surface area (Å²) in [5.74, 6) is -2.19. The van der Waals surface area contributed by atoms with E-state index in [-0.39, 0.29) is 5.41 Å². The first-order valence-corrected chi connectivity index (χ1v) is 6.40. The van der Waals surface area contributed by atoms with E-state index in [1.165, 1.54) is 11.0 Å². The van der Waals surface area contributed by atoms with Crippen molar-refractivity contribution in [1.29, 1.82) is 0 Å². The van der Waals surface area contributed by atoms with Gasteiger partial charge < -0.3 is 10.6 Å². The van der Waals surface area contributed by atoms with Gasteiger partial charge in [-0.25, -0.2) is 8.78 Å². The third-order valence-corrected chi connectivity index (χ3v) is 3.93. The molecule has 1 aliphatic heterocycles. The van der Waals surface area contributed by atoms with Crippen LogP contribution in [0.25, 0.3) is 0 Å². The molecule has 0 aromatic heterocycles. The average Bonchev–Trinajstić information content (AvgIpc) is 2.39. The second kappa shape index (κ2) is 5.25. The molecule has 1 saturated heterocycles. The molecule has 2 N–H and O–H groups in total. The largest absolute Gasteiger partial charge is 0.338 e. The number of carbonyl (C=O) groups is 1. The van der Waals surface area contributed by atoms with E-state index < -0.39 is 23.1 Å². The summed E-state index contributed by atoms with van der Waals surface area (Å²) in [6, 6.07) is 3.46. The van der Waals surface area contributed by atoms with Crippen LogP contribution in [0.4, 0.5) is 8.78 Å². The summed E-state index contributed by atoms with van der Waals surface area (Å²) in [6.45, 7) is 3.60. The lowest BCUT2D eigenvalue weighted by Gasteiger charge is -2.38. The van der Waals surface area contributed by atoms with Gasteiger partial charge in [-0.15, -0.1) is 0 Å². The molecule has 0 saturated carbocycles. The molecule has 19 heavy (non-hydrogen) atoms. The average molecular weight is 268 g/mol. The van der Waals surface area contributed by atoms with Crippen molar-refractivity contribution in [2.24, 2.45) is 11.1 Å². The highest BCUT2D eigenvalue weighted by Crippen LogP contribution is 2.30. The van der Waals surface area contributed by atoms with E-state index in [9.17, 15) is 13.6 Å². The van der Waals surface area contributed by atoms with Gasteiger partial charge in [0.2, 0.25) is 0 Å². The molecule has 1 aliphatic rings. The van der Waals surface area contributed by atoms with Crippen LogP contribution >= 0.6 is 0 Å². The number of amides is 1. The number of hydrogen-bond donors (Lipinski definition) is 1. The lowest BCUT2D eigenvalue weighted by molar-refractivity contribution is 0.0608. The minimum absolute atomic E-state index is 0.0184. The van der Waals surface area contributed by atoms with Crippen LogP contribution in [-0.4, -0.2) is 30.4 Å². The first kappa shape index (κ1) is 13.9. The molecule has 1 amide bonds. The number of nitrogens with zero attached hydrogens (tertiary/aromatic N) is 1. The Morgan fingerprint density at radius 3 is 2.32 bits per heavy atom. The number of carbonyl (C=O) groups excluding carboxylic acids is 1. The van der Waals surface area contributed by atoms with E-state index in [0.717, 1.165) is 25.0 Å². The molecule has 1 aromatic rings. The van der Waals surface area contributed by atoms with Crippen LogP contribution in [0.15, 0.2) is 18.2 Å². The molecular weight excluding hydrogens is 250 g/mol. The number of hydrogen-bond acceptors (Lipinski definition) is 2. The zero-order valence-corrected chi connectivity index (χ0v) is 11.0. The monoisotopic (exact) mass is 268 g/mol. The number of piperidine rings is 1. The van der Waals surface area contributed by atoms with Crippen LogP contribution < -0.4 is 5.73 Å². The zero-order chi connectivity index (χ0) is 14.0. The highest BCUT2D eigenvalue weighted by Gasteiger charge is 2.32. The SMILES string of the molecule is CC1(CN)CCN(C(=O)c2c(F)cccc2F)CC1. The summed E-state index contributed by atoms with van der Waals surface area (Å²) in [5.41, 5.74) is 5.25. The highest BCUT2D eigenvalue weighted by molar-refractivity contribution is 5.94. The van der Waals surface area contributed by atoms with E-state index in [1.807, 2.05) is 0 Å². The fraction of sp³-hybridized carbons (Fsp3) is 0.500. The van der Waals surface area contributed by atoms with Gasteiger partial charge in [-0.3, -0.25) is 4.79 Å². The van der Waals surface area contributed by atoms with Crippen LogP contribution in [0.5, 0.6) is 0 Å². The van der Waals surface area contributed by atoms with Crippen molar-refractivity contribution in [2.75, 3.05) is 19.6 Å². The lowest BCUT2D eigenvalue weighted by Crippen LogP contribution is -2.45. The molecule has 0 spiro atoms. The number of likely N-dealkylation sites (tertiary alicyclic amines) is 1. The summed E-state index contributed by atoms with van der Waals surface area (Å²) in [6.07, 6.45) is 1.51. The maximum Gasteiger partial charge on any atom is 0.259 e. The van der Waals surface area contributed by atoms with Crippen LogP contribution in [0, 0.1) is 17.0 Å². The Bertz CT molecular complexity index is 462. The van der Waals surface area contributed by atoms with Crippen LogP contribution in [0.2, 0.25) is 0 Å². The maximum absolute atomic E-state index is 13.6. The minimum atomic E-state index is -0.808. The van der Waals surface area contributed by atoms with Gasteiger partial charge in [0.05, 0.1) is 0 Å². The lowest BCUT2D eigenvalue weighted by atomic mass is 9.80. The molecule has 0 bridgehead atoms. The number of halogens is 2. The van der Waals surface area contributed by atoms with E-state index in [0.29, 0.717) is 19.6 Å². The summed E-state index contributed by atoms with van der Waals surface area (Å²) in [5, 5.41) is 0. The summed E-state index contributed by atoms with van der Waals surface area (Å²) in [4.78, 5) is 13.7. The van der Waals surface area contributed by atoms with Crippen LogP contribution in [-0.2, 0) is 0 Å². The second-order valence-corrected chi connectivity index (χ2v) is 5.40. The topological polar surface area (TPSA) is 46.3 Å². The number of rotatable bonds is 2. The Labute approximate surface area is 111 Å². The predicted molar refractivity (Wildman–Crippen MR) is 68.7 cm³/mol. The van der Waals surface area contributed by atoms with Gasteiger partial charge in [0.1, 0.15) is 17.2 Å². The third-order valence-electron chi connectivity index (χ3n) is 3.93. The predicted octanol–water partition coefficient (Wildman–Crippen LogP) is 2.17. The van der Waals surface area contributed by atoms with Crippen molar-refractivity contribution in [3.05, 3.63) is 35.4 Å². The summed E-state index contributed by atoms with van der Waals surface area (Å²) >= 11 is 0. The first-order valence-electron chi connectivity index (χ1n) is 6.40. The number of benzene rings is 1. The molecule has 3 nitrogen and oxygen atoms in total. The molecular formula is C14H18F2N2O. The van der Waals surface area contributed by atoms with Gasteiger partial charge in [-0.1, -0.05) is 13.0 Å². The fourth-order valence-electron chi connectivity index (χ4n) is 2.31. The highest BCUT2D eigenvalue weighted by atomic mass is 19.1. The fourth-order valence-corrected chi connectivity index (χ4v) is 2.31. The van der Waals surface area contributed by atoms with Crippen molar-refractivity contribution < 1.29 is 13.6 Å². The van der Waals surface area contributed by atoms with Gasteiger partial charge in [0.25, 0.3) is 5.91 Å². The van der Waals surface area contributed by atoms with E-state index >= 15 is 0 Å². The minimum Gasteiger partial charge on any atom is -0.338 e.